The average molecular weight is 436 g/mol. The minimum Gasteiger partial charge on any atom is -0.462 e. The maximum absolute atomic E-state index is 12.4. The normalized spacial score (nSPS) is 15.1. The highest BCUT2D eigenvalue weighted by molar-refractivity contribution is 5.94. The summed E-state index contributed by atoms with van der Waals surface area (Å²) >= 11 is 0. The van der Waals surface area contributed by atoms with Gasteiger partial charge in [-0.25, -0.2) is 9.78 Å². The number of piperazine rings is 1. The summed E-state index contributed by atoms with van der Waals surface area (Å²) in [7, 11) is 2.06. The van der Waals surface area contributed by atoms with Crippen molar-refractivity contribution >= 4 is 28.6 Å². The smallest absolute Gasteiger partial charge is 0.338 e. The van der Waals surface area contributed by atoms with Crippen LogP contribution in [0.25, 0.3) is 11.0 Å². The third-order valence-corrected chi connectivity index (χ3v) is 5.76. The Morgan fingerprint density at radius 2 is 1.69 bits per heavy atom. The number of hydrogen-bond acceptors (Lipinski definition) is 6. The molecule has 2 aromatic carbocycles. The Bertz CT molecular complexity index is 1080. The summed E-state index contributed by atoms with van der Waals surface area (Å²) in [4.78, 5) is 33.5. The van der Waals surface area contributed by atoms with Gasteiger partial charge in [0.05, 0.1) is 36.3 Å². The molecule has 1 N–H and O–H groups in total. The first-order chi connectivity index (χ1) is 15.5. The SMILES string of the molecule is CCOC(=O)c1ccc(NC(=O)CN2CCN(Cc3nc4ccccc4n3C)CC2)cc1. The maximum atomic E-state index is 12.4. The van der Waals surface area contributed by atoms with Crippen LogP contribution in [0.5, 0.6) is 0 Å². The first kappa shape index (κ1) is 22.0. The second-order valence-corrected chi connectivity index (χ2v) is 7.97. The molecule has 1 aliphatic heterocycles. The number of esters is 1. The minimum atomic E-state index is -0.359. The fourth-order valence-electron chi connectivity index (χ4n) is 3.95. The number of ether oxygens (including phenoxy) is 1. The first-order valence-corrected chi connectivity index (χ1v) is 11.0. The molecule has 1 amide bonds. The zero-order chi connectivity index (χ0) is 22.5. The van der Waals surface area contributed by atoms with E-state index in [2.05, 4.69) is 32.8 Å². The van der Waals surface area contributed by atoms with Gasteiger partial charge in [0.15, 0.2) is 0 Å². The predicted octanol–water partition coefficient (Wildman–Crippen LogP) is 2.51. The second-order valence-electron chi connectivity index (χ2n) is 7.97. The Morgan fingerprint density at radius 3 is 2.38 bits per heavy atom. The van der Waals surface area contributed by atoms with Crippen molar-refractivity contribution in [3.8, 4) is 0 Å². The van der Waals surface area contributed by atoms with Gasteiger partial charge in [0.1, 0.15) is 5.82 Å². The van der Waals surface area contributed by atoms with E-state index < -0.39 is 0 Å². The van der Waals surface area contributed by atoms with Crippen LogP contribution < -0.4 is 5.32 Å². The van der Waals surface area contributed by atoms with E-state index in [0.717, 1.165) is 49.6 Å². The highest BCUT2D eigenvalue weighted by atomic mass is 16.5. The molecule has 32 heavy (non-hydrogen) atoms. The standard InChI is InChI=1S/C24H29N5O3/c1-3-32-24(31)18-8-10-19(11-9-18)25-23(30)17-29-14-12-28(13-15-29)16-22-26-20-6-4-5-7-21(20)27(22)2/h4-11H,3,12-17H2,1-2H3,(H,25,30). The molecule has 0 spiro atoms. The first-order valence-electron chi connectivity index (χ1n) is 11.0. The summed E-state index contributed by atoms with van der Waals surface area (Å²) in [5, 5.41) is 2.90. The molecule has 4 rings (SSSR count). The lowest BCUT2D eigenvalue weighted by Crippen LogP contribution is -2.48. The molecule has 0 unspecified atom stereocenters. The van der Waals surface area contributed by atoms with Crippen LogP contribution in [-0.4, -0.2) is 70.6 Å². The summed E-state index contributed by atoms with van der Waals surface area (Å²) in [5.41, 5.74) is 3.31. The summed E-state index contributed by atoms with van der Waals surface area (Å²) in [6.45, 7) is 6.71. The Hall–Kier alpha value is -3.23. The van der Waals surface area contributed by atoms with E-state index in [1.807, 2.05) is 18.2 Å². The van der Waals surface area contributed by atoms with Crippen molar-refractivity contribution in [3.63, 3.8) is 0 Å². The van der Waals surface area contributed by atoms with Gasteiger partial charge in [-0.05, 0) is 43.3 Å². The second kappa shape index (κ2) is 9.93. The minimum absolute atomic E-state index is 0.0577. The number of amides is 1. The largest absolute Gasteiger partial charge is 0.462 e. The number of hydrogen-bond donors (Lipinski definition) is 1. The molecule has 1 aromatic heterocycles. The number of para-hydroxylation sites is 2. The lowest BCUT2D eigenvalue weighted by molar-refractivity contribution is -0.117. The molecule has 1 saturated heterocycles. The number of aromatic nitrogens is 2. The molecule has 0 atom stereocenters. The van der Waals surface area contributed by atoms with Crippen LogP contribution in [-0.2, 0) is 23.1 Å². The number of carbonyl (C=O) groups is 2. The molecule has 0 saturated carbocycles. The van der Waals surface area contributed by atoms with Gasteiger partial charge < -0.3 is 14.6 Å². The lowest BCUT2D eigenvalue weighted by atomic mass is 10.2. The van der Waals surface area contributed by atoms with Gasteiger partial charge in [0, 0.05) is 38.9 Å². The van der Waals surface area contributed by atoms with Gasteiger partial charge in [0.2, 0.25) is 5.91 Å². The number of rotatable bonds is 7. The Morgan fingerprint density at radius 1 is 1.00 bits per heavy atom. The maximum Gasteiger partial charge on any atom is 0.338 e. The molecule has 8 heteroatoms. The number of nitrogens with zero attached hydrogens (tertiary/aromatic N) is 4. The van der Waals surface area contributed by atoms with E-state index in [9.17, 15) is 9.59 Å². The molecule has 0 aliphatic carbocycles. The number of carbonyl (C=O) groups excluding carboxylic acids is 2. The molecular weight excluding hydrogens is 406 g/mol. The Kier molecular flexibility index (Phi) is 6.82. The number of nitrogens with one attached hydrogen (secondary N) is 1. The zero-order valence-corrected chi connectivity index (χ0v) is 18.6. The van der Waals surface area contributed by atoms with Crippen LogP contribution in [0.1, 0.15) is 23.1 Å². The van der Waals surface area contributed by atoms with Gasteiger partial charge in [-0.2, -0.15) is 0 Å². The van der Waals surface area contributed by atoms with Crippen molar-refractivity contribution in [1.29, 1.82) is 0 Å². The number of imidazole rings is 1. The van der Waals surface area contributed by atoms with Crippen molar-refractivity contribution in [2.45, 2.75) is 13.5 Å². The number of aryl methyl sites for hydroxylation is 1. The van der Waals surface area contributed by atoms with Gasteiger partial charge in [0.25, 0.3) is 0 Å². The van der Waals surface area contributed by atoms with E-state index in [4.69, 9.17) is 9.72 Å². The molecule has 3 aromatic rings. The number of fused-ring (bicyclic) bond motifs is 1. The van der Waals surface area contributed by atoms with Crippen LogP contribution in [0.2, 0.25) is 0 Å². The molecule has 168 valence electrons. The van der Waals surface area contributed by atoms with Crippen molar-refractivity contribution < 1.29 is 14.3 Å². The van der Waals surface area contributed by atoms with Crippen LogP contribution in [0.3, 0.4) is 0 Å². The molecule has 2 heterocycles. The zero-order valence-electron chi connectivity index (χ0n) is 18.6. The van der Waals surface area contributed by atoms with E-state index in [1.165, 1.54) is 0 Å². The summed E-state index contributed by atoms with van der Waals surface area (Å²) < 4.78 is 7.13. The van der Waals surface area contributed by atoms with Crippen molar-refractivity contribution in [1.82, 2.24) is 19.4 Å². The molecule has 8 nitrogen and oxygen atoms in total. The molecular formula is C24H29N5O3. The summed E-state index contributed by atoms with van der Waals surface area (Å²) in [6, 6.07) is 14.9. The number of anilines is 1. The van der Waals surface area contributed by atoms with E-state index in [1.54, 1.807) is 31.2 Å². The molecule has 0 bridgehead atoms. The molecule has 1 fully saturated rings. The average Bonchev–Trinajstić information content (AvgIpc) is 3.11. The quantitative estimate of drug-likeness (QED) is 0.575. The Labute approximate surface area is 187 Å². The molecule has 0 radical (unpaired) electrons. The third-order valence-electron chi connectivity index (χ3n) is 5.76. The van der Waals surface area contributed by atoms with Crippen molar-refractivity contribution in [2.75, 3.05) is 44.6 Å². The topological polar surface area (TPSA) is 79.7 Å². The predicted molar refractivity (Wildman–Crippen MR) is 123 cm³/mol. The van der Waals surface area contributed by atoms with Gasteiger partial charge in [-0.15, -0.1) is 0 Å². The molecule has 1 aliphatic rings. The van der Waals surface area contributed by atoms with Crippen LogP contribution >= 0.6 is 0 Å². The highest BCUT2D eigenvalue weighted by Gasteiger charge is 2.21. The third kappa shape index (κ3) is 5.15. The van der Waals surface area contributed by atoms with Crippen molar-refractivity contribution in [3.05, 3.63) is 59.9 Å². The van der Waals surface area contributed by atoms with E-state index >= 15 is 0 Å². The van der Waals surface area contributed by atoms with Gasteiger partial charge in [-0.3, -0.25) is 14.6 Å². The van der Waals surface area contributed by atoms with Gasteiger partial charge in [-0.1, -0.05) is 12.1 Å². The number of benzene rings is 2. The monoisotopic (exact) mass is 435 g/mol. The van der Waals surface area contributed by atoms with Crippen LogP contribution in [0.15, 0.2) is 48.5 Å². The van der Waals surface area contributed by atoms with E-state index in [-0.39, 0.29) is 11.9 Å². The van der Waals surface area contributed by atoms with Gasteiger partial charge >= 0.3 is 5.97 Å². The Balaban J connectivity index is 1.24. The lowest BCUT2D eigenvalue weighted by Gasteiger charge is -2.34. The van der Waals surface area contributed by atoms with Crippen LogP contribution in [0.4, 0.5) is 5.69 Å². The highest BCUT2D eigenvalue weighted by Crippen LogP contribution is 2.16. The van der Waals surface area contributed by atoms with Crippen LogP contribution in [0, 0.1) is 0 Å². The summed E-state index contributed by atoms with van der Waals surface area (Å²) in [5.74, 6) is 0.642. The fourth-order valence-corrected chi connectivity index (χ4v) is 3.95. The summed E-state index contributed by atoms with van der Waals surface area (Å²) in [6.07, 6.45) is 0. The fraction of sp³-hybridized carbons (Fsp3) is 0.375. The van der Waals surface area contributed by atoms with E-state index in [0.29, 0.717) is 24.4 Å². The van der Waals surface area contributed by atoms with Crippen molar-refractivity contribution in [2.24, 2.45) is 7.05 Å².